The number of nitrogens with one attached hydrogen (secondary N) is 1. The van der Waals surface area contributed by atoms with Gasteiger partial charge in [0, 0.05) is 15.4 Å². The highest BCUT2D eigenvalue weighted by Crippen LogP contribution is 2.34. The Bertz CT molecular complexity index is 1450. The highest BCUT2D eigenvalue weighted by atomic mass is 79.9. The lowest BCUT2D eigenvalue weighted by Gasteiger charge is -2.14. The Morgan fingerprint density at radius 3 is 2.38 bits per heavy atom. The van der Waals surface area contributed by atoms with Crippen LogP contribution in [0.1, 0.15) is 16.8 Å². The van der Waals surface area contributed by atoms with Crippen LogP contribution >= 0.6 is 15.9 Å². The number of fused-ring (bicyclic) bond motifs is 1. The maximum Gasteiger partial charge on any atom is 0.418 e. The molecule has 0 atom stereocenters. The van der Waals surface area contributed by atoms with E-state index in [1.807, 2.05) is 0 Å². The number of carbonyl (C=O) groups is 1. The van der Waals surface area contributed by atoms with E-state index in [0.29, 0.717) is 9.86 Å². The van der Waals surface area contributed by atoms with Gasteiger partial charge in [0.15, 0.2) is 0 Å². The molecule has 4 aromatic rings. The third-order valence-corrected chi connectivity index (χ3v) is 5.61. The molecule has 3 aromatic carbocycles. The summed E-state index contributed by atoms with van der Waals surface area (Å²) in [6.07, 6.45) is -5.04. The summed E-state index contributed by atoms with van der Waals surface area (Å²) in [6, 6.07) is 15.5. The quantitative estimate of drug-likeness (QED) is 0.342. The number of hydrogen-bond acceptors (Lipinski definition) is 3. The minimum absolute atomic E-state index is 0.176. The van der Waals surface area contributed by atoms with Crippen LogP contribution in [0.5, 0.6) is 0 Å². The van der Waals surface area contributed by atoms with Crippen molar-refractivity contribution in [1.29, 1.82) is 0 Å². The molecule has 1 N–H and O–H groups in total. The second-order valence-electron chi connectivity index (χ2n) is 7.46. The number of halogens is 5. The second-order valence-corrected chi connectivity index (χ2v) is 8.37. The van der Waals surface area contributed by atoms with E-state index in [-0.39, 0.29) is 28.9 Å². The van der Waals surface area contributed by atoms with E-state index in [1.54, 1.807) is 30.3 Å². The maximum absolute atomic E-state index is 14.3. The average molecular weight is 534 g/mol. The highest BCUT2D eigenvalue weighted by Gasteiger charge is 2.33. The van der Waals surface area contributed by atoms with Crippen LogP contribution in [0.4, 0.5) is 23.2 Å². The molecule has 0 saturated heterocycles. The molecule has 10 heteroatoms. The fourth-order valence-electron chi connectivity index (χ4n) is 3.54. The largest absolute Gasteiger partial charge is 0.418 e. The minimum Gasteiger partial charge on any atom is -0.325 e. The number of rotatable bonds is 5. The molecule has 0 radical (unpaired) electrons. The second kappa shape index (κ2) is 9.38. The van der Waals surface area contributed by atoms with Gasteiger partial charge in [-0.1, -0.05) is 52.3 Å². The van der Waals surface area contributed by atoms with Crippen LogP contribution in [0.2, 0.25) is 0 Å². The molecule has 4 rings (SSSR count). The van der Waals surface area contributed by atoms with E-state index in [2.05, 4.69) is 26.3 Å². The van der Waals surface area contributed by atoms with Crippen molar-refractivity contribution >= 4 is 38.3 Å². The normalized spacial score (nSPS) is 11.6. The van der Waals surface area contributed by atoms with Crippen LogP contribution < -0.4 is 10.9 Å². The molecule has 34 heavy (non-hydrogen) atoms. The molecule has 174 valence electrons. The van der Waals surface area contributed by atoms with E-state index in [4.69, 9.17) is 0 Å². The van der Waals surface area contributed by atoms with Crippen molar-refractivity contribution < 1.29 is 22.4 Å². The summed E-state index contributed by atoms with van der Waals surface area (Å²) in [5, 5.41) is 7.18. The van der Waals surface area contributed by atoms with E-state index in [9.17, 15) is 27.2 Å². The number of amides is 1. The van der Waals surface area contributed by atoms with Crippen LogP contribution in [0, 0.1) is 5.82 Å². The number of hydrogen-bond donors (Lipinski definition) is 1. The molecule has 0 aliphatic carbocycles. The lowest BCUT2D eigenvalue weighted by molar-refractivity contribution is -0.137. The van der Waals surface area contributed by atoms with Gasteiger partial charge >= 0.3 is 6.18 Å². The zero-order valence-electron chi connectivity index (χ0n) is 17.4. The smallest absolute Gasteiger partial charge is 0.325 e. The Labute approximate surface area is 199 Å². The van der Waals surface area contributed by atoms with Gasteiger partial charge < -0.3 is 5.32 Å². The molecule has 5 nitrogen and oxygen atoms in total. The van der Waals surface area contributed by atoms with Crippen LogP contribution in [-0.2, 0) is 23.9 Å². The Morgan fingerprint density at radius 2 is 1.68 bits per heavy atom. The summed E-state index contributed by atoms with van der Waals surface area (Å²) >= 11 is 3.17. The number of anilines is 1. The lowest BCUT2D eigenvalue weighted by Crippen LogP contribution is -2.27. The Hall–Kier alpha value is -3.53. The first kappa shape index (κ1) is 23.6. The molecule has 0 bridgehead atoms. The van der Waals surface area contributed by atoms with Crippen molar-refractivity contribution in [3.05, 3.63) is 104 Å². The topological polar surface area (TPSA) is 64.0 Å². The first-order valence-corrected chi connectivity index (χ1v) is 10.8. The Balaban J connectivity index is 1.70. The molecule has 0 fully saturated rings. The number of carbonyl (C=O) groups excluding carboxylic acids is 1. The standard InChI is InChI=1S/C24H16BrF4N3O2/c25-15-10-9-14(19(26)11-15)13-32-23(34)17-6-2-1-5-16(17)21(31-32)12-22(33)30-20-8-4-3-7-18(20)24(27,28)29/h1-11H,12-13H2,(H,30,33). The van der Waals surface area contributed by atoms with Gasteiger partial charge in [0.1, 0.15) is 5.82 Å². The lowest BCUT2D eigenvalue weighted by atomic mass is 10.1. The van der Waals surface area contributed by atoms with E-state index in [1.165, 1.54) is 24.3 Å². The zero-order chi connectivity index (χ0) is 24.5. The molecule has 0 spiro atoms. The van der Waals surface area contributed by atoms with Gasteiger partial charge in [0.05, 0.1) is 35.3 Å². The predicted molar refractivity (Wildman–Crippen MR) is 123 cm³/mol. The summed E-state index contributed by atoms with van der Waals surface area (Å²) < 4.78 is 55.7. The molecule has 0 aliphatic rings. The maximum atomic E-state index is 14.3. The third-order valence-electron chi connectivity index (χ3n) is 5.11. The first-order valence-electron chi connectivity index (χ1n) is 10.0. The van der Waals surface area contributed by atoms with Crippen molar-refractivity contribution in [2.45, 2.75) is 19.1 Å². The van der Waals surface area contributed by atoms with Gasteiger partial charge in [-0.3, -0.25) is 9.59 Å². The van der Waals surface area contributed by atoms with Gasteiger partial charge in [0.25, 0.3) is 5.56 Å². The van der Waals surface area contributed by atoms with Gasteiger partial charge in [-0.15, -0.1) is 0 Å². The fraction of sp³-hybridized carbons (Fsp3) is 0.125. The van der Waals surface area contributed by atoms with Crippen molar-refractivity contribution in [2.24, 2.45) is 0 Å². The fourth-order valence-corrected chi connectivity index (χ4v) is 3.87. The number of alkyl halides is 3. The molecule has 0 saturated carbocycles. The predicted octanol–water partition coefficient (Wildman–Crippen LogP) is 5.55. The van der Waals surface area contributed by atoms with Gasteiger partial charge in [-0.05, 0) is 30.3 Å². The average Bonchev–Trinajstić information content (AvgIpc) is 2.78. The zero-order valence-corrected chi connectivity index (χ0v) is 19.0. The summed E-state index contributed by atoms with van der Waals surface area (Å²) in [5.74, 6) is -1.28. The summed E-state index contributed by atoms with van der Waals surface area (Å²) in [5.41, 5.74) is -1.45. The van der Waals surface area contributed by atoms with Crippen LogP contribution in [0.25, 0.3) is 10.8 Å². The van der Waals surface area contributed by atoms with Crippen LogP contribution in [-0.4, -0.2) is 15.7 Å². The van der Waals surface area contributed by atoms with Gasteiger partial charge in [-0.25, -0.2) is 9.07 Å². The van der Waals surface area contributed by atoms with Crippen molar-refractivity contribution in [1.82, 2.24) is 9.78 Å². The molecule has 0 aliphatic heterocycles. The van der Waals surface area contributed by atoms with E-state index in [0.717, 1.165) is 16.8 Å². The van der Waals surface area contributed by atoms with Crippen molar-refractivity contribution in [2.75, 3.05) is 5.32 Å². The molecule has 1 heterocycles. The SMILES string of the molecule is O=C(Cc1nn(Cc2ccc(Br)cc2F)c(=O)c2ccccc12)Nc1ccccc1C(F)(F)F. The number of nitrogens with zero attached hydrogens (tertiary/aromatic N) is 2. The van der Waals surface area contributed by atoms with E-state index < -0.39 is 35.4 Å². The molecule has 1 aromatic heterocycles. The monoisotopic (exact) mass is 533 g/mol. The Kier molecular flexibility index (Phi) is 6.52. The number of aromatic nitrogens is 2. The van der Waals surface area contributed by atoms with Crippen molar-refractivity contribution in [3.63, 3.8) is 0 Å². The Morgan fingerprint density at radius 1 is 1.00 bits per heavy atom. The molecular formula is C24H16BrF4N3O2. The third kappa shape index (κ3) is 5.01. The molecule has 0 unspecified atom stereocenters. The summed E-state index contributed by atoms with van der Waals surface area (Å²) in [7, 11) is 0. The number of benzene rings is 3. The van der Waals surface area contributed by atoms with Gasteiger partial charge in [-0.2, -0.15) is 18.3 Å². The van der Waals surface area contributed by atoms with Gasteiger partial charge in [0.2, 0.25) is 5.91 Å². The van der Waals surface area contributed by atoms with Crippen LogP contribution in [0.15, 0.2) is 76.0 Å². The van der Waals surface area contributed by atoms with E-state index >= 15 is 0 Å². The van der Waals surface area contributed by atoms with Crippen LogP contribution in [0.3, 0.4) is 0 Å². The summed E-state index contributed by atoms with van der Waals surface area (Å²) in [6.45, 7) is -0.186. The van der Waals surface area contributed by atoms with Crippen molar-refractivity contribution in [3.8, 4) is 0 Å². The minimum atomic E-state index is -4.64. The highest BCUT2D eigenvalue weighted by molar-refractivity contribution is 9.10. The molecule has 1 amide bonds. The first-order chi connectivity index (χ1) is 16.1. The summed E-state index contributed by atoms with van der Waals surface area (Å²) in [4.78, 5) is 25.6. The number of para-hydroxylation sites is 1. The molecular weight excluding hydrogens is 518 g/mol.